The van der Waals surface area contributed by atoms with Gasteiger partial charge in [-0.15, -0.1) is 24.0 Å². The van der Waals surface area contributed by atoms with Crippen molar-refractivity contribution >= 4 is 40.0 Å². The fraction of sp³-hybridized carbons (Fsp3) is 0.632. The van der Waals surface area contributed by atoms with E-state index in [1.54, 1.807) is 19.2 Å². The fourth-order valence-electron chi connectivity index (χ4n) is 2.20. The van der Waals surface area contributed by atoms with Gasteiger partial charge in [-0.25, -0.2) is 13.4 Å². The van der Waals surface area contributed by atoms with Crippen molar-refractivity contribution in [3.8, 4) is 0 Å². The second kappa shape index (κ2) is 12.6. The maximum Gasteiger partial charge on any atom is 0.243 e. The van der Waals surface area contributed by atoms with E-state index in [0.29, 0.717) is 17.4 Å². The van der Waals surface area contributed by atoms with Crippen LogP contribution in [-0.4, -0.2) is 44.9 Å². The summed E-state index contributed by atoms with van der Waals surface area (Å²) in [6.07, 6.45) is 1.08. The second-order valence-corrected chi connectivity index (χ2v) is 9.06. The Kier molecular flexibility index (Phi) is 12.2. The molecule has 0 unspecified atom stereocenters. The highest BCUT2D eigenvalue weighted by molar-refractivity contribution is 14.0. The minimum absolute atomic E-state index is 0. The van der Waals surface area contributed by atoms with Crippen LogP contribution in [-0.2, 0) is 16.6 Å². The van der Waals surface area contributed by atoms with E-state index in [1.807, 2.05) is 32.9 Å². The summed E-state index contributed by atoms with van der Waals surface area (Å²) in [6.45, 7) is 12.3. The highest BCUT2D eigenvalue weighted by atomic mass is 127. The summed E-state index contributed by atoms with van der Waals surface area (Å²) >= 11 is 0. The van der Waals surface area contributed by atoms with E-state index in [0.717, 1.165) is 31.0 Å². The van der Waals surface area contributed by atoms with E-state index in [9.17, 15) is 8.42 Å². The van der Waals surface area contributed by atoms with Crippen LogP contribution in [0.15, 0.2) is 34.2 Å². The average Bonchev–Trinajstić information content (AvgIpc) is 2.58. The van der Waals surface area contributed by atoms with Crippen LogP contribution in [0.1, 0.15) is 46.6 Å². The first-order valence-electron chi connectivity index (χ1n) is 9.27. The summed E-state index contributed by atoms with van der Waals surface area (Å²) in [5, 5.41) is 6.55. The third-order valence-corrected chi connectivity index (χ3v) is 6.15. The molecule has 0 spiro atoms. The molecule has 156 valence electrons. The Morgan fingerprint density at radius 3 is 2.19 bits per heavy atom. The zero-order valence-corrected chi connectivity index (χ0v) is 20.5. The number of sulfonamides is 1. The Labute approximate surface area is 182 Å². The van der Waals surface area contributed by atoms with Crippen molar-refractivity contribution < 1.29 is 8.42 Å². The number of aliphatic imine (C=N–C) groups is 1. The molecule has 0 bridgehead atoms. The summed E-state index contributed by atoms with van der Waals surface area (Å²) < 4.78 is 26.4. The van der Waals surface area contributed by atoms with Crippen LogP contribution in [0.25, 0.3) is 0 Å². The molecular formula is C19H35IN4O2S. The molecule has 0 saturated carbocycles. The molecule has 1 aromatic rings. The van der Waals surface area contributed by atoms with Crippen molar-refractivity contribution in [1.29, 1.82) is 0 Å². The Hall–Kier alpha value is -0.870. The van der Waals surface area contributed by atoms with Gasteiger partial charge in [-0.3, -0.25) is 0 Å². The zero-order valence-electron chi connectivity index (χ0n) is 17.3. The number of benzene rings is 1. The van der Waals surface area contributed by atoms with Crippen LogP contribution < -0.4 is 10.6 Å². The standard InChI is InChI=1S/C19H34N4O2S.HI/c1-7-20-19(21-13-12-15(2)3)22-14-17-8-10-18(11-9-17)26(24,25)23(6)16(4)5;/h8-11,15-16H,7,12-14H2,1-6H3,(H2,20,21,22);1H. The third kappa shape index (κ3) is 8.78. The topological polar surface area (TPSA) is 73.8 Å². The molecule has 0 radical (unpaired) electrons. The molecule has 0 aromatic heterocycles. The van der Waals surface area contributed by atoms with Crippen LogP contribution in [0.3, 0.4) is 0 Å². The van der Waals surface area contributed by atoms with Crippen molar-refractivity contribution in [1.82, 2.24) is 14.9 Å². The van der Waals surface area contributed by atoms with Crippen LogP contribution in [0.4, 0.5) is 0 Å². The monoisotopic (exact) mass is 510 g/mol. The zero-order chi connectivity index (χ0) is 19.7. The molecule has 0 amide bonds. The molecule has 0 fully saturated rings. The minimum Gasteiger partial charge on any atom is -0.357 e. The van der Waals surface area contributed by atoms with Crippen LogP contribution in [0.5, 0.6) is 0 Å². The molecule has 1 aromatic carbocycles. The van der Waals surface area contributed by atoms with Gasteiger partial charge in [-0.05, 0) is 50.8 Å². The second-order valence-electron chi connectivity index (χ2n) is 7.06. The van der Waals surface area contributed by atoms with Gasteiger partial charge in [0.15, 0.2) is 5.96 Å². The largest absolute Gasteiger partial charge is 0.357 e. The quantitative estimate of drug-likeness (QED) is 0.303. The summed E-state index contributed by atoms with van der Waals surface area (Å²) in [6, 6.07) is 6.87. The van der Waals surface area contributed by atoms with Gasteiger partial charge in [-0.2, -0.15) is 4.31 Å². The van der Waals surface area contributed by atoms with Gasteiger partial charge < -0.3 is 10.6 Å². The average molecular weight is 510 g/mol. The number of nitrogens with zero attached hydrogens (tertiary/aromatic N) is 2. The van der Waals surface area contributed by atoms with Gasteiger partial charge >= 0.3 is 0 Å². The van der Waals surface area contributed by atoms with E-state index >= 15 is 0 Å². The lowest BCUT2D eigenvalue weighted by Gasteiger charge is -2.21. The lowest BCUT2D eigenvalue weighted by molar-refractivity contribution is 0.410. The molecule has 0 aliphatic carbocycles. The molecule has 0 heterocycles. The van der Waals surface area contributed by atoms with Gasteiger partial charge in [0, 0.05) is 26.2 Å². The molecule has 2 N–H and O–H groups in total. The predicted molar refractivity (Wildman–Crippen MR) is 124 cm³/mol. The first kappa shape index (κ1) is 26.1. The van der Waals surface area contributed by atoms with Gasteiger partial charge in [0.1, 0.15) is 0 Å². The summed E-state index contributed by atoms with van der Waals surface area (Å²) in [4.78, 5) is 4.88. The highest BCUT2D eigenvalue weighted by Crippen LogP contribution is 2.17. The number of nitrogens with one attached hydrogen (secondary N) is 2. The first-order valence-corrected chi connectivity index (χ1v) is 10.7. The molecule has 6 nitrogen and oxygen atoms in total. The lowest BCUT2D eigenvalue weighted by atomic mass is 10.1. The van der Waals surface area contributed by atoms with E-state index in [2.05, 4.69) is 29.5 Å². The van der Waals surface area contributed by atoms with Crippen molar-refractivity contribution in [2.75, 3.05) is 20.1 Å². The van der Waals surface area contributed by atoms with Crippen LogP contribution in [0.2, 0.25) is 0 Å². The number of hydrogen-bond donors (Lipinski definition) is 2. The molecular weight excluding hydrogens is 475 g/mol. The smallest absolute Gasteiger partial charge is 0.243 e. The minimum atomic E-state index is -3.44. The molecule has 8 heteroatoms. The van der Waals surface area contributed by atoms with Crippen LogP contribution in [0, 0.1) is 5.92 Å². The molecule has 1 rings (SSSR count). The van der Waals surface area contributed by atoms with Crippen molar-refractivity contribution in [2.24, 2.45) is 10.9 Å². The molecule has 0 saturated heterocycles. The van der Waals surface area contributed by atoms with Crippen molar-refractivity contribution in [3.63, 3.8) is 0 Å². The van der Waals surface area contributed by atoms with Gasteiger partial charge in [0.25, 0.3) is 0 Å². The van der Waals surface area contributed by atoms with E-state index in [1.165, 1.54) is 4.31 Å². The SMILES string of the molecule is CCNC(=NCc1ccc(S(=O)(=O)N(C)C(C)C)cc1)NCCC(C)C.I. The summed E-state index contributed by atoms with van der Waals surface area (Å²) in [5.74, 6) is 1.42. The molecule has 0 aliphatic heterocycles. The Morgan fingerprint density at radius 1 is 1.11 bits per heavy atom. The maximum absolute atomic E-state index is 12.5. The van der Waals surface area contributed by atoms with Crippen molar-refractivity contribution in [3.05, 3.63) is 29.8 Å². The Morgan fingerprint density at radius 2 is 1.70 bits per heavy atom. The fourth-order valence-corrected chi connectivity index (χ4v) is 3.57. The molecule has 0 aliphatic rings. The van der Waals surface area contributed by atoms with Gasteiger partial charge in [0.05, 0.1) is 11.4 Å². The van der Waals surface area contributed by atoms with E-state index < -0.39 is 10.0 Å². The number of rotatable bonds is 9. The molecule has 27 heavy (non-hydrogen) atoms. The number of guanidine groups is 1. The Balaban J connectivity index is 0.00000676. The lowest BCUT2D eigenvalue weighted by Crippen LogP contribution is -2.38. The predicted octanol–water partition coefficient (Wildman–Crippen LogP) is 3.43. The van der Waals surface area contributed by atoms with Gasteiger partial charge in [-0.1, -0.05) is 26.0 Å². The van der Waals surface area contributed by atoms with E-state index in [-0.39, 0.29) is 30.0 Å². The number of hydrogen-bond acceptors (Lipinski definition) is 3. The van der Waals surface area contributed by atoms with Crippen molar-refractivity contribution in [2.45, 2.75) is 58.5 Å². The summed E-state index contributed by atoms with van der Waals surface area (Å²) in [5.41, 5.74) is 0.970. The Bertz CT molecular complexity index is 673. The van der Waals surface area contributed by atoms with Gasteiger partial charge in [0.2, 0.25) is 10.0 Å². The van der Waals surface area contributed by atoms with Crippen LogP contribution >= 0.6 is 24.0 Å². The maximum atomic E-state index is 12.5. The number of halogens is 1. The first-order chi connectivity index (χ1) is 12.2. The van der Waals surface area contributed by atoms with E-state index in [4.69, 9.17) is 0 Å². The highest BCUT2D eigenvalue weighted by Gasteiger charge is 2.22. The summed E-state index contributed by atoms with van der Waals surface area (Å²) in [7, 11) is -1.84. The third-order valence-electron chi connectivity index (χ3n) is 4.11. The molecule has 0 atom stereocenters. The normalized spacial score (nSPS) is 12.4.